The summed E-state index contributed by atoms with van der Waals surface area (Å²) in [6, 6.07) is 8.38. The number of hydrogen-bond donors (Lipinski definition) is 1. The van der Waals surface area contributed by atoms with Crippen LogP contribution in [-0.2, 0) is 4.79 Å². The normalized spacial score (nSPS) is 24.9. The summed E-state index contributed by atoms with van der Waals surface area (Å²) in [6.07, 6.45) is 2.69. The zero-order valence-corrected chi connectivity index (χ0v) is 14.9. The highest BCUT2D eigenvalue weighted by Gasteiger charge is 2.32. The third kappa shape index (κ3) is 4.10. The second-order valence-corrected chi connectivity index (χ2v) is 7.25. The second kappa shape index (κ2) is 8.44. The first-order chi connectivity index (χ1) is 10.3. The number of amides is 1. The molecule has 1 N–H and O–H groups in total. The monoisotopic (exact) mass is 360 g/mol. The fourth-order valence-corrected chi connectivity index (χ4v) is 4.42. The topological polar surface area (TPSA) is 32.3 Å². The number of nitrogens with zero attached hydrogens (tertiary/aromatic N) is 1. The van der Waals surface area contributed by atoms with Crippen LogP contribution in [0, 0.1) is 0 Å². The van der Waals surface area contributed by atoms with Gasteiger partial charge < -0.3 is 10.2 Å². The van der Waals surface area contributed by atoms with Crippen LogP contribution in [0.2, 0.25) is 5.02 Å². The Morgan fingerprint density at radius 1 is 1.41 bits per heavy atom. The predicted octanol–water partition coefficient (Wildman–Crippen LogP) is 3.52. The Labute approximate surface area is 147 Å². The van der Waals surface area contributed by atoms with E-state index in [-0.39, 0.29) is 24.4 Å². The van der Waals surface area contributed by atoms with Gasteiger partial charge in [-0.3, -0.25) is 4.79 Å². The first-order valence-electron chi connectivity index (χ1n) is 7.61. The molecule has 2 fully saturated rings. The van der Waals surface area contributed by atoms with E-state index in [0.717, 1.165) is 48.0 Å². The van der Waals surface area contributed by atoms with E-state index >= 15 is 0 Å². The first kappa shape index (κ1) is 17.9. The molecule has 0 aliphatic carbocycles. The number of hydrogen-bond acceptors (Lipinski definition) is 3. The summed E-state index contributed by atoms with van der Waals surface area (Å²) in [7, 11) is 0. The molecule has 122 valence electrons. The molecule has 1 aromatic carbocycles. The van der Waals surface area contributed by atoms with Gasteiger partial charge in [0.2, 0.25) is 5.91 Å². The molecule has 3 rings (SSSR count). The third-order valence-electron chi connectivity index (χ3n) is 4.26. The zero-order valence-electron chi connectivity index (χ0n) is 12.5. The summed E-state index contributed by atoms with van der Waals surface area (Å²) in [5.74, 6) is 2.45. The zero-order chi connectivity index (χ0) is 14.7. The van der Waals surface area contributed by atoms with Crippen molar-refractivity contribution in [2.45, 2.75) is 31.3 Å². The Bertz CT molecular complexity index is 509. The molecule has 2 aliphatic heterocycles. The summed E-state index contributed by atoms with van der Waals surface area (Å²) in [4.78, 5) is 14.7. The molecule has 1 aromatic rings. The summed E-state index contributed by atoms with van der Waals surface area (Å²) in [6.45, 7) is 1.87. The minimum absolute atomic E-state index is 0. The van der Waals surface area contributed by atoms with E-state index in [9.17, 15) is 4.79 Å². The largest absolute Gasteiger partial charge is 0.336 e. The minimum atomic E-state index is 0. The van der Waals surface area contributed by atoms with Crippen LogP contribution < -0.4 is 5.32 Å². The van der Waals surface area contributed by atoms with E-state index in [1.165, 1.54) is 0 Å². The molecule has 2 saturated heterocycles. The van der Waals surface area contributed by atoms with Crippen molar-refractivity contribution in [3.63, 3.8) is 0 Å². The van der Waals surface area contributed by atoms with E-state index in [2.05, 4.69) is 5.32 Å². The SMILES string of the molecule is Cl.O=C(CC1CSCCN1)N1CCCC1c1ccccc1Cl. The Morgan fingerprint density at radius 3 is 2.95 bits per heavy atom. The van der Waals surface area contributed by atoms with Crippen LogP contribution in [0.25, 0.3) is 0 Å². The summed E-state index contributed by atoms with van der Waals surface area (Å²) in [5, 5.41) is 4.22. The van der Waals surface area contributed by atoms with Gasteiger partial charge in [-0.05, 0) is 24.5 Å². The number of carbonyl (C=O) groups excluding carboxylic acids is 1. The fourth-order valence-electron chi connectivity index (χ4n) is 3.21. The van der Waals surface area contributed by atoms with Gasteiger partial charge in [0.15, 0.2) is 0 Å². The van der Waals surface area contributed by atoms with Crippen molar-refractivity contribution in [1.29, 1.82) is 0 Å². The maximum Gasteiger partial charge on any atom is 0.224 e. The quantitative estimate of drug-likeness (QED) is 0.894. The smallest absolute Gasteiger partial charge is 0.224 e. The van der Waals surface area contributed by atoms with Crippen molar-refractivity contribution in [3.05, 3.63) is 34.9 Å². The fraction of sp³-hybridized carbons (Fsp3) is 0.562. The van der Waals surface area contributed by atoms with Crippen LogP contribution in [0.4, 0.5) is 0 Å². The number of thioether (sulfide) groups is 1. The first-order valence-corrected chi connectivity index (χ1v) is 9.14. The van der Waals surface area contributed by atoms with Crippen LogP contribution in [0.15, 0.2) is 24.3 Å². The van der Waals surface area contributed by atoms with E-state index in [0.29, 0.717) is 12.5 Å². The van der Waals surface area contributed by atoms with Crippen molar-refractivity contribution in [3.8, 4) is 0 Å². The molecule has 2 heterocycles. The average Bonchev–Trinajstić information content (AvgIpc) is 2.98. The minimum Gasteiger partial charge on any atom is -0.336 e. The van der Waals surface area contributed by atoms with Gasteiger partial charge in [-0.15, -0.1) is 12.4 Å². The van der Waals surface area contributed by atoms with Gasteiger partial charge in [0.05, 0.1) is 6.04 Å². The molecule has 0 spiro atoms. The highest BCUT2D eigenvalue weighted by Crippen LogP contribution is 2.36. The van der Waals surface area contributed by atoms with Crippen molar-refractivity contribution in [2.75, 3.05) is 24.6 Å². The van der Waals surface area contributed by atoms with Crippen molar-refractivity contribution < 1.29 is 4.79 Å². The number of rotatable bonds is 3. The van der Waals surface area contributed by atoms with Gasteiger partial charge in [-0.25, -0.2) is 0 Å². The van der Waals surface area contributed by atoms with Crippen molar-refractivity contribution in [1.82, 2.24) is 10.2 Å². The van der Waals surface area contributed by atoms with E-state index < -0.39 is 0 Å². The standard InChI is InChI=1S/C16H21ClN2OS.ClH/c17-14-5-2-1-4-13(14)15-6-3-8-19(15)16(20)10-12-11-21-9-7-18-12;/h1-2,4-5,12,15,18H,3,6-11H2;1H. The number of likely N-dealkylation sites (tertiary alicyclic amines) is 1. The molecule has 2 unspecified atom stereocenters. The van der Waals surface area contributed by atoms with Gasteiger partial charge in [0.1, 0.15) is 0 Å². The van der Waals surface area contributed by atoms with E-state index in [4.69, 9.17) is 11.6 Å². The molecule has 0 saturated carbocycles. The van der Waals surface area contributed by atoms with Crippen molar-refractivity contribution >= 4 is 41.7 Å². The average molecular weight is 361 g/mol. The molecule has 3 nitrogen and oxygen atoms in total. The second-order valence-electron chi connectivity index (χ2n) is 5.70. The molecule has 2 aliphatic rings. The summed E-state index contributed by atoms with van der Waals surface area (Å²) < 4.78 is 0. The van der Waals surface area contributed by atoms with Crippen molar-refractivity contribution in [2.24, 2.45) is 0 Å². The number of carbonyl (C=O) groups is 1. The lowest BCUT2D eigenvalue weighted by atomic mass is 10.0. The van der Waals surface area contributed by atoms with Crippen LogP contribution in [-0.4, -0.2) is 41.4 Å². The molecular formula is C16H22Cl2N2OS. The molecule has 0 bridgehead atoms. The number of benzene rings is 1. The molecule has 2 atom stereocenters. The molecule has 0 aromatic heterocycles. The van der Waals surface area contributed by atoms with Crippen LogP contribution in [0.1, 0.15) is 30.9 Å². The Kier molecular flexibility index (Phi) is 6.87. The van der Waals surface area contributed by atoms with Gasteiger partial charge in [0, 0.05) is 42.1 Å². The molecule has 1 amide bonds. The van der Waals surface area contributed by atoms with Crippen LogP contribution in [0.3, 0.4) is 0 Å². The Balaban J connectivity index is 0.00000176. The lowest BCUT2D eigenvalue weighted by Crippen LogP contribution is -2.42. The highest BCUT2D eigenvalue weighted by atomic mass is 35.5. The molecule has 22 heavy (non-hydrogen) atoms. The Hall–Kier alpha value is -0.420. The van der Waals surface area contributed by atoms with Crippen LogP contribution in [0.5, 0.6) is 0 Å². The van der Waals surface area contributed by atoms with E-state index in [1.54, 1.807) is 0 Å². The highest BCUT2D eigenvalue weighted by molar-refractivity contribution is 7.99. The van der Waals surface area contributed by atoms with Gasteiger partial charge >= 0.3 is 0 Å². The maximum absolute atomic E-state index is 12.6. The lowest BCUT2D eigenvalue weighted by Gasteiger charge is -2.29. The Morgan fingerprint density at radius 2 is 2.23 bits per heavy atom. The van der Waals surface area contributed by atoms with Gasteiger partial charge in [-0.1, -0.05) is 29.8 Å². The third-order valence-corrected chi connectivity index (χ3v) is 5.73. The summed E-state index contributed by atoms with van der Waals surface area (Å²) >= 11 is 8.25. The molecule has 6 heteroatoms. The van der Waals surface area contributed by atoms with Gasteiger partial charge in [0.25, 0.3) is 0 Å². The van der Waals surface area contributed by atoms with E-state index in [1.807, 2.05) is 40.9 Å². The van der Waals surface area contributed by atoms with Gasteiger partial charge in [-0.2, -0.15) is 11.8 Å². The number of nitrogens with one attached hydrogen (secondary N) is 1. The predicted molar refractivity (Wildman–Crippen MR) is 96.1 cm³/mol. The van der Waals surface area contributed by atoms with Crippen LogP contribution >= 0.6 is 35.8 Å². The lowest BCUT2D eigenvalue weighted by molar-refractivity contribution is -0.132. The maximum atomic E-state index is 12.6. The summed E-state index contributed by atoms with van der Waals surface area (Å²) in [5.41, 5.74) is 1.09. The molecule has 0 radical (unpaired) electrons. The molecular weight excluding hydrogens is 339 g/mol. The number of halogens is 2.